The van der Waals surface area contributed by atoms with E-state index in [4.69, 9.17) is 18.9 Å². The highest BCUT2D eigenvalue weighted by Crippen LogP contribution is 2.41. The van der Waals surface area contributed by atoms with Gasteiger partial charge in [0.2, 0.25) is 0 Å². The molecule has 0 N–H and O–H groups in total. The van der Waals surface area contributed by atoms with Gasteiger partial charge in [-0.15, -0.1) is 23.1 Å². The van der Waals surface area contributed by atoms with E-state index in [1.54, 1.807) is 29.7 Å². The minimum atomic E-state index is -1.07. The molecule has 0 radical (unpaired) electrons. The summed E-state index contributed by atoms with van der Waals surface area (Å²) in [6, 6.07) is 16.4. The number of carbonyl (C=O) groups excluding carboxylic acids is 3. The van der Waals surface area contributed by atoms with Crippen LogP contribution in [-0.4, -0.2) is 47.9 Å². The molecular weight excluding hydrogens is 555 g/mol. The number of rotatable bonds is 8. The van der Waals surface area contributed by atoms with Gasteiger partial charge in [0.25, 0.3) is 0 Å². The van der Waals surface area contributed by atoms with Crippen LogP contribution in [0.25, 0.3) is 10.4 Å². The van der Waals surface area contributed by atoms with Crippen LogP contribution in [0.3, 0.4) is 0 Å². The molecule has 3 aromatic rings. The van der Waals surface area contributed by atoms with Gasteiger partial charge in [-0.3, -0.25) is 14.4 Å². The second-order valence-electron chi connectivity index (χ2n) is 9.52. The average molecular weight is 587 g/mol. The lowest BCUT2D eigenvalue weighted by Crippen LogP contribution is -2.57. The predicted molar refractivity (Wildman–Crippen MR) is 151 cm³/mol. The SMILES string of the molecule is CS[C@H]1OC(c2ccc(C)c(Cc3ccc(-c4ccc(F)cc4)s3)c2)[C@H](OC(C)=O)[C@@H](OC(C)=O)[C@@H]1OC(C)=O. The molecule has 0 spiro atoms. The van der Waals surface area contributed by atoms with E-state index < -0.39 is 47.8 Å². The highest BCUT2D eigenvalue weighted by Gasteiger charge is 2.52. The fraction of sp³-hybridized carbons (Fsp3) is 0.367. The van der Waals surface area contributed by atoms with Crippen molar-refractivity contribution in [3.63, 3.8) is 0 Å². The van der Waals surface area contributed by atoms with Gasteiger partial charge in [-0.2, -0.15) is 0 Å². The molecule has 1 aliphatic rings. The Hall–Kier alpha value is -3.21. The minimum Gasteiger partial charge on any atom is -0.455 e. The maximum atomic E-state index is 13.4. The molecule has 40 heavy (non-hydrogen) atoms. The van der Waals surface area contributed by atoms with Gasteiger partial charge in [-0.25, -0.2) is 4.39 Å². The number of hydrogen-bond donors (Lipinski definition) is 0. The number of thioether (sulfide) groups is 1. The van der Waals surface area contributed by atoms with Crippen molar-refractivity contribution in [2.45, 2.75) is 64.0 Å². The van der Waals surface area contributed by atoms with Crippen molar-refractivity contribution in [3.8, 4) is 10.4 Å². The molecule has 10 heteroatoms. The maximum Gasteiger partial charge on any atom is 0.303 e. The highest BCUT2D eigenvalue weighted by molar-refractivity contribution is 7.99. The van der Waals surface area contributed by atoms with E-state index in [9.17, 15) is 18.8 Å². The number of benzene rings is 2. The Balaban J connectivity index is 1.67. The number of thiophene rings is 1. The molecule has 5 atom stereocenters. The van der Waals surface area contributed by atoms with Gasteiger partial charge in [0.1, 0.15) is 17.4 Å². The van der Waals surface area contributed by atoms with E-state index in [2.05, 4.69) is 6.07 Å². The first kappa shape index (κ1) is 29.8. The summed E-state index contributed by atoms with van der Waals surface area (Å²) in [5.74, 6) is -2.03. The second-order valence-corrected chi connectivity index (χ2v) is 11.6. The topological polar surface area (TPSA) is 88.1 Å². The smallest absolute Gasteiger partial charge is 0.303 e. The summed E-state index contributed by atoms with van der Waals surface area (Å²) in [5, 5.41) is 0. The Morgan fingerprint density at radius 3 is 2.12 bits per heavy atom. The molecule has 1 saturated heterocycles. The molecule has 0 saturated carbocycles. The van der Waals surface area contributed by atoms with Crippen LogP contribution >= 0.6 is 23.1 Å². The fourth-order valence-corrected chi connectivity index (χ4v) is 6.47. The molecule has 1 fully saturated rings. The van der Waals surface area contributed by atoms with Crippen molar-refractivity contribution in [2.24, 2.45) is 0 Å². The molecule has 0 bridgehead atoms. The zero-order valence-electron chi connectivity index (χ0n) is 22.8. The standard InChI is InChI=1S/C30H31FO7S2/c1-16-6-7-21(14-22(16)15-24-12-13-25(40-24)20-8-10-23(31)11-9-20)26-27(35-17(2)32)28(36-18(3)33)29(37-19(4)34)30(38-26)39-5/h6-14,26-30H,15H2,1-5H3/t26?,27-,28+,29-,30+/m0/s1. The first-order valence-electron chi connectivity index (χ1n) is 12.7. The first-order valence-corrected chi connectivity index (χ1v) is 14.8. The molecule has 4 rings (SSSR count). The van der Waals surface area contributed by atoms with E-state index in [-0.39, 0.29) is 5.82 Å². The van der Waals surface area contributed by atoms with E-state index >= 15 is 0 Å². The molecule has 0 aliphatic carbocycles. The molecule has 7 nitrogen and oxygen atoms in total. The zero-order valence-corrected chi connectivity index (χ0v) is 24.5. The lowest BCUT2D eigenvalue weighted by Gasteiger charge is -2.44. The van der Waals surface area contributed by atoms with E-state index in [1.807, 2.05) is 31.2 Å². The van der Waals surface area contributed by atoms with Crippen molar-refractivity contribution in [1.29, 1.82) is 0 Å². The van der Waals surface area contributed by atoms with E-state index in [0.717, 1.165) is 32.0 Å². The van der Waals surface area contributed by atoms with Crippen molar-refractivity contribution in [1.82, 2.24) is 0 Å². The lowest BCUT2D eigenvalue weighted by atomic mass is 9.91. The molecule has 1 aliphatic heterocycles. The van der Waals surface area contributed by atoms with Crippen LogP contribution in [0.1, 0.15) is 48.4 Å². The predicted octanol–water partition coefficient (Wildman–Crippen LogP) is 6.01. The van der Waals surface area contributed by atoms with Gasteiger partial charge < -0.3 is 18.9 Å². The Morgan fingerprint density at radius 1 is 0.875 bits per heavy atom. The Labute approximate surface area is 241 Å². The number of halogens is 1. The van der Waals surface area contributed by atoms with Crippen molar-refractivity contribution < 1.29 is 37.7 Å². The Kier molecular flexibility index (Phi) is 9.65. The average Bonchev–Trinajstić information content (AvgIpc) is 3.35. The molecule has 1 unspecified atom stereocenters. The second kappa shape index (κ2) is 13.0. The molecular formula is C30H31FO7S2. The summed E-state index contributed by atoms with van der Waals surface area (Å²) < 4.78 is 36.5. The van der Waals surface area contributed by atoms with Crippen molar-refractivity contribution in [3.05, 3.63) is 82.0 Å². The number of hydrogen-bond acceptors (Lipinski definition) is 9. The summed E-state index contributed by atoms with van der Waals surface area (Å²) in [4.78, 5) is 38.3. The summed E-state index contributed by atoms with van der Waals surface area (Å²) in [6.07, 6.45) is -1.43. The largest absolute Gasteiger partial charge is 0.455 e. The van der Waals surface area contributed by atoms with Gasteiger partial charge in [-0.05, 0) is 59.7 Å². The van der Waals surface area contributed by atoms with Crippen molar-refractivity contribution >= 4 is 41.0 Å². The number of aryl methyl sites for hydroxylation is 1. The Bertz CT molecular complexity index is 1370. The fourth-order valence-electron chi connectivity index (χ4n) is 4.72. The monoisotopic (exact) mass is 586 g/mol. The maximum absolute atomic E-state index is 13.4. The molecule has 2 heterocycles. The summed E-state index contributed by atoms with van der Waals surface area (Å²) >= 11 is 2.94. The quantitative estimate of drug-likeness (QED) is 0.234. The van der Waals surface area contributed by atoms with Gasteiger partial charge in [-0.1, -0.05) is 30.3 Å². The molecule has 212 valence electrons. The van der Waals surface area contributed by atoms with Gasteiger partial charge in [0, 0.05) is 36.9 Å². The number of carbonyl (C=O) groups is 3. The number of ether oxygens (including phenoxy) is 4. The highest BCUT2D eigenvalue weighted by atomic mass is 32.2. The normalized spacial score (nSPS) is 22.4. The summed E-state index contributed by atoms with van der Waals surface area (Å²) in [7, 11) is 0. The van der Waals surface area contributed by atoms with Crippen LogP contribution in [0, 0.1) is 12.7 Å². The van der Waals surface area contributed by atoms with Gasteiger partial charge in [0.15, 0.2) is 18.3 Å². The zero-order chi connectivity index (χ0) is 29.0. The van der Waals surface area contributed by atoms with Crippen LogP contribution < -0.4 is 0 Å². The third kappa shape index (κ3) is 7.10. The van der Waals surface area contributed by atoms with Crippen LogP contribution in [0.15, 0.2) is 54.6 Å². The van der Waals surface area contributed by atoms with Crippen molar-refractivity contribution in [2.75, 3.05) is 6.26 Å². The molecule has 1 aromatic heterocycles. The van der Waals surface area contributed by atoms with Crippen LogP contribution in [0.4, 0.5) is 4.39 Å². The van der Waals surface area contributed by atoms with E-state index in [0.29, 0.717) is 6.42 Å². The van der Waals surface area contributed by atoms with E-state index in [1.165, 1.54) is 44.7 Å². The van der Waals surface area contributed by atoms with Crippen LogP contribution in [0.2, 0.25) is 0 Å². The third-order valence-corrected chi connectivity index (χ3v) is 8.47. The van der Waals surface area contributed by atoms with Gasteiger partial charge >= 0.3 is 17.9 Å². The summed E-state index contributed by atoms with van der Waals surface area (Å²) in [5.41, 5.74) is 3.12. The van der Waals surface area contributed by atoms with Crippen LogP contribution in [0.5, 0.6) is 0 Å². The Morgan fingerprint density at radius 2 is 1.50 bits per heavy atom. The van der Waals surface area contributed by atoms with Crippen LogP contribution in [-0.2, 0) is 39.8 Å². The lowest BCUT2D eigenvalue weighted by molar-refractivity contribution is -0.233. The molecule has 2 aromatic carbocycles. The number of esters is 3. The third-order valence-electron chi connectivity index (χ3n) is 6.49. The molecule has 0 amide bonds. The minimum absolute atomic E-state index is 0.274. The first-order chi connectivity index (χ1) is 19.0. The summed E-state index contributed by atoms with van der Waals surface area (Å²) in [6.45, 7) is 5.79. The van der Waals surface area contributed by atoms with Gasteiger partial charge in [0.05, 0.1) is 0 Å².